The minimum atomic E-state index is -0.688. The number of hydrogen-bond acceptors (Lipinski definition) is 4. The van der Waals surface area contributed by atoms with Gasteiger partial charge in [-0.05, 0) is 43.3 Å². The fraction of sp³-hybridized carbons (Fsp3) is 0.222. The van der Waals surface area contributed by atoms with Gasteiger partial charge in [-0.15, -0.1) is 0 Å². The van der Waals surface area contributed by atoms with E-state index in [-0.39, 0.29) is 5.91 Å². The molecule has 6 nitrogen and oxygen atoms in total. The van der Waals surface area contributed by atoms with Gasteiger partial charge in [0.15, 0.2) is 5.58 Å². The molecule has 25 heavy (non-hydrogen) atoms. The zero-order valence-electron chi connectivity index (χ0n) is 13.6. The fourth-order valence-electron chi connectivity index (χ4n) is 2.49. The quantitative estimate of drug-likeness (QED) is 0.686. The number of rotatable bonds is 6. The van der Waals surface area contributed by atoms with E-state index in [1.807, 2.05) is 0 Å². The monoisotopic (exact) mass is 360 g/mol. The van der Waals surface area contributed by atoms with Gasteiger partial charge >= 0.3 is 5.76 Å². The number of ether oxygens (including phenoxy) is 1. The molecule has 0 aliphatic rings. The summed E-state index contributed by atoms with van der Waals surface area (Å²) in [5.74, 6) is -0.168. The Morgan fingerprint density at radius 1 is 1.24 bits per heavy atom. The Kier molecular flexibility index (Phi) is 5.09. The number of carbonyl (C=O) groups is 1. The first-order chi connectivity index (χ1) is 12.1. The van der Waals surface area contributed by atoms with Crippen molar-refractivity contribution in [3.05, 3.63) is 64.1 Å². The van der Waals surface area contributed by atoms with E-state index < -0.39 is 11.8 Å². The maximum atomic E-state index is 12.3. The van der Waals surface area contributed by atoms with Gasteiger partial charge in [-0.25, -0.2) is 4.79 Å². The summed E-state index contributed by atoms with van der Waals surface area (Å²) >= 11 is 5.80. The van der Waals surface area contributed by atoms with Crippen molar-refractivity contribution in [1.29, 1.82) is 0 Å². The van der Waals surface area contributed by atoms with Gasteiger partial charge in [0.1, 0.15) is 18.4 Å². The maximum absolute atomic E-state index is 12.3. The lowest BCUT2D eigenvalue weighted by Gasteiger charge is -2.13. The summed E-state index contributed by atoms with van der Waals surface area (Å²) in [6.07, 6.45) is 0. The molecule has 2 aromatic carbocycles. The van der Waals surface area contributed by atoms with Crippen molar-refractivity contribution in [2.75, 3.05) is 13.2 Å². The number of fused-ring (bicyclic) bond motifs is 1. The molecule has 0 radical (unpaired) electrons. The molecule has 0 saturated carbocycles. The van der Waals surface area contributed by atoms with Gasteiger partial charge < -0.3 is 14.5 Å². The van der Waals surface area contributed by atoms with Gasteiger partial charge in [-0.1, -0.05) is 23.7 Å². The van der Waals surface area contributed by atoms with Crippen LogP contribution >= 0.6 is 11.6 Å². The molecule has 0 bridgehead atoms. The Morgan fingerprint density at radius 2 is 1.96 bits per heavy atom. The molecule has 0 fully saturated rings. The normalized spacial score (nSPS) is 12.1. The number of nitrogens with zero attached hydrogens (tertiary/aromatic N) is 1. The summed E-state index contributed by atoms with van der Waals surface area (Å²) in [7, 11) is 0. The Bertz CT molecular complexity index is 930. The number of aromatic nitrogens is 1. The van der Waals surface area contributed by atoms with Crippen molar-refractivity contribution in [1.82, 2.24) is 9.88 Å². The van der Waals surface area contributed by atoms with E-state index in [1.54, 1.807) is 55.5 Å². The molecule has 0 aliphatic carbocycles. The van der Waals surface area contributed by atoms with E-state index in [9.17, 15) is 9.59 Å². The predicted molar refractivity (Wildman–Crippen MR) is 95.1 cm³/mol. The third-order valence-corrected chi connectivity index (χ3v) is 4.02. The largest absolute Gasteiger partial charge is 0.492 e. The zero-order chi connectivity index (χ0) is 17.8. The summed E-state index contributed by atoms with van der Waals surface area (Å²) in [4.78, 5) is 24.3. The lowest BCUT2D eigenvalue weighted by atomic mass is 10.2. The number of oxazole rings is 1. The third-order valence-electron chi connectivity index (χ3n) is 3.77. The van der Waals surface area contributed by atoms with Crippen LogP contribution in [-0.2, 0) is 4.79 Å². The van der Waals surface area contributed by atoms with Crippen molar-refractivity contribution < 1.29 is 13.9 Å². The second kappa shape index (κ2) is 7.44. The van der Waals surface area contributed by atoms with Crippen LogP contribution in [0.3, 0.4) is 0 Å². The van der Waals surface area contributed by atoms with Crippen LogP contribution in [0.25, 0.3) is 11.1 Å². The van der Waals surface area contributed by atoms with Crippen LogP contribution in [0.4, 0.5) is 0 Å². The van der Waals surface area contributed by atoms with Crippen molar-refractivity contribution >= 4 is 28.6 Å². The van der Waals surface area contributed by atoms with Gasteiger partial charge in [0, 0.05) is 5.02 Å². The highest BCUT2D eigenvalue weighted by atomic mass is 35.5. The van der Waals surface area contributed by atoms with Crippen LogP contribution in [0.5, 0.6) is 5.75 Å². The summed E-state index contributed by atoms with van der Waals surface area (Å²) < 4.78 is 12.0. The van der Waals surface area contributed by atoms with E-state index in [2.05, 4.69) is 5.32 Å². The topological polar surface area (TPSA) is 73.5 Å². The van der Waals surface area contributed by atoms with Crippen molar-refractivity contribution in [3.8, 4) is 5.75 Å². The molecule has 0 saturated heterocycles. The standard InChI is InChI=1S/C18H17ClN2O4/c1-12(21-15-4-2-3-5-16(15)25-18(21)23)17(22)20-10-11-24-14-8-6-13(19)7-9-14/h2-9,12H,10-11H2,1H3,(H,20,22). The molecule has 1 N–H and O–H groups in total. The first-order valence-electron chi connectivity index (χ1n) is 7.82. The van der Waals surface area contributed by atoms with E-state index in [4.69, 9.17) is 20.8 Å². The van der Waals surface area contributed by atoms with Gasteiger partial charge in [0.05, 0.1) is 12.1 Å². The molecule has 3 aromatic rings. The van der Waals surface area contributed by atoms with Crippen molar-refractivity contribution in [2.45, 2.75) is 13.0 Å². The van der Waals surface area contributed by atoms with E-state index in [1.165, 1.54) is 4.57 Å². The van der Waals surface area contributed by atoms with Gasteiger partial charge in [-0.2, -0.15) is 0 Å². The summed E-state index contributed by atoms with van der Waals surface area (Å²) in [6, 6.07) is 13.3. The lowest BCUT2D eigenvalue weighted by Crippen LogP contribution is -2.36. The molecule has 0 spiro atoms. The molecule has 1 atom stereocenters. The van der Waals surface area contributed by atoms with Gasteiger partial charge in [-0.3, -0.25) is 9.36 Å². The fourth-order valence-corrected chi connectivity index (χ4v) is 2.62. The highest BCUT2D eigenvalue weighted by Crippen LogP contribution is 2.17. The molecule has 3 rings (SSSR count). The number of carbonyl (C=O) groups excluding carboxylic acids is 1. The van der Waals surface area contributed by atoms with Crippen molar-refractivity contribution in [3.63, 3.8) is 0 Å². The number of hydrogen-bond donors (Lipinski definition) is 1. The number of amides is 1. The van der Waals surface area contributed by atoms with Crippen LogP contribution < -0.4 is 15.8 Å². The average molecular weight is 361 g/mol. The van der Waals surface area contributed by atoms with Crippen LogP contribution in [0, 0.1) is 0 Å². The first-order valence-corrected chi connectivity index (χ1v) is 8.20. The molecule has 7 heteroatoms. The number of halogens is 1. The Morgan fingerprint density at radius 3 is 2.72 bits per heavy atom. The molecule has 130 valence electrons. The van der Waals surface area contributed by atoms with Crippen LogP contribution in [0.2, 0.25) is 5.02 Å². The third kappa shape index (κ3) is 3.85. The molecule has 1 amide bonds. The molecule has 1 aromatic heterocycles. The second-order valence-electron chi connectivity index (χ2n) is 5.48. The van der Waals surface area contributed by atoms with Crippen molar-refractivity contribution in [2.24, 2.45) is 0 Å². The second-order valence-corrected chi connectivity index (χ2v) is 5.91. The minimum absolute atomic E-state index is 0.284. The van der Waals surface area contributed by atoms with E-state index >= 15 is 0 Å². The number of benzene rings is 2. The minimum Gasteiger partial charge on any atom is -0.492 e. The first kappa shape index (κ1) is 17.1. The highest BCUT2D eigenvalue weighted by molar-refractivity contribution is 6.30. The van der Waals surface area contributed by atoms with Crippen LogP contribution in [-0.4, -0.2) is 23.6 Å². The smallest absolute Gasteiger partial charge is 0.420 e. The summed E-state index contributed by atoms with van der Waals surface area (Å²) in [5, 5.41) is 3.38. The Hall–Kier alpha value is -2.73. The number of para-hydroxylation sites is 2. The predicted octanol–water partition coefficient (Wildman–Crippen LogP) is 3.00. The number of nitrogens with one attached hydrogen (secondary N) is 1. The Balaban J connectivity index is 1.58. The molecule has 1 unspecified atom stereocenters. The van der Waals surface area contributed by atoms with Gasteiger partial charge in [0.2, 0.25) is 5.91 Å². The van der Waals surface area contributed by atoms with Crippen LogP contribution in [0.15, 0.2) is 57.7 Å². The SMILES string of the molecule is CC(C(=O)NCCOc1ccc(Cl)cc1)n1c(=O)oc2ccccc21. The highest BCUT2D eigenvalue weighted by Gasteiger charge is 2.20. The average Bonchev–Trinajstić information content (AvgIpc) is 2.95. The van der Waals surface area contributed by atoms with E-state index in [0.29, 0.717) is 35.0 Å². The Labute approximate surface area is 149 Å². The van der Waals surface area contributed by atoms with E-state index in [0.717, 1.165) is 0 Å². The molecular formula is C18H17ClN2O4. The summed E-state index contributed by atoms with van der Waals surface area (Å²) in [5.41, 5.74) is 1.05. The maximum Gasteiger partial charge on any atom is 0.420 e. The lowest BCUT2D eigenvalue weighted by molar-refractivity contribution is -0.124. The van der Waals surface area contributed by atoms with Gasteiger partial charge in [0.25, 0.3) is 0 Å². The molecule has 0 aliphatic heterocycles. The molecular weight excluding hydrogens is 344 g/mol. The van der Waals surface area contributed by atoms with Crippen LogP contribution in [0.1, 0.15) is 13.0 Å². The molecule has 1 heterocycles. The summed E-state index contributed by atoms with van der Waals surface area (Å²) in [6.45, 7) is 2.27. The zero-order valence-corrected chi connectivity index (χ0v) is 14.3.